The Morgan fingerprint density at radius 1 is 1.30 bits per heavy atom. The third-order valence-corrected chi connectivity index (χ3v) is 5.69. The van der Waals surface area contributed by atoms with Crippen LogP contribution in [0.4, 0.5) is 5.69 Å². The summed E-state index contributed by atoms with van der Waals surface area (Å²) >= 11 is 6.00. The van der Waals surface area contributed by atoms with Crippen LogP contribution in [0.15, 0.2) is 18.2 Å². The number of carbonyl (C=O) groups is 1. The summed E-state index contributed by atoms with van der Waals surface area (Å²) in [7, 11) is 1.60. The lowest BCUT2D eigenvalue weighted by atomic mass is 10.0. The van der Waals surface area contributed by atoms with Gasteiger partial charge in [-0.25, -0.2) is 0 Å². The number of ether oxygens (including phenoxy) is 1. The van der Waals surface area contributed by atoms with E-state index in [1.165, 1.54) is 19.3 Å². The topological polar surface area (TPSA) is 38.3 Å². The molecule has 4 heteroatoms. The molecule has 1 amide bonds. The van der Waals surface area contributed by atoms with Crippen molar-refractivity contribution in [3.8, 4) is 5.75 Å². The fourth-order valence-electron chi connectivity index (χ4n) is 4.67. The second-order valence-corrected chi connectivity index (χ2v) is 6.78. The first-order chi connectivity index (χ1) is 9.69. The van der Waals surface area contributed by atoms with Gasteiger partial charge in [0.2, 0.25) is 5.91 Å². The van der Waals surface area contributed by atoms with Crippen molar-refractivity contribution in [2.75, 3.05) is 12.4 Å². The Labute approximate surface area is 123 Å². The van der Waals surface area contributed by atoms with Gasteiger partial charge in [-0.3, -0.25) is 4.79 Å². The fourth-order valence-corrected chi connectivity index (χ4v) is 4.84. The Balaban J connectivity index is 1.50. The number of hydrogen-bond donors (Lipinski definition) is 1. The van der Waals surface area contributed by atoms with Crippen molar-refractivity contribution in [2.45, 2.75) is 19.3 Å². The highest BCUT2D eigenvalue weighted by atomic mass is 35.5. The van der Waals surface area contributed by atoms with Crippen molar-refractivity contribution in [1.82, 2.24) is 0 Å². The molecule has 0 aromatic heterocycles. The number of benzene rings is 1. The smallest absolute Gasteiger partial charge is 0.228 e. The van der Waals surface area contributed by atoms with Crippen molar-refractivity contribution >= 4 is 23.2 Å². The van der Waals surface area contributed by atoms with Crippen LogP contribution in [0.2, 0.25) is 5.02 Å². The maximum atomic E-state index is 12.5. The van der Waals surface area contributed by atoms with E-state index in [4.69, 9.17) is 16.3 Å². The molecule has 1 aromatic rings. The van der Waals surface area contributed by atoms with Gasteiger partial charge >= 0.3 is 0 Å². The minimum absolute atomic E-state index is 0.150. The van der Waals surface area contributed by atoms with Gasteiger partial charge in [0.05, 0.1) is 12.8 Å². The van der Waals surface area contributed by atoms with E-state index in [0.29, 0.717) is 28.3 Å². The highest BCUT2D eigenvalue weighted by Crippen LogP contribution is 2.69. The molecule has 3 aliphatic rings. The normalized spacial score (nSPS) is 36.6. The minimum atomic E-state index is 0.150. The molecule has 1 N–H and O–H groups in total. The van der Waals surface area contributed by atoms with E-state index < -0.39 is 0 Å². The van der Waals surface area contributed by atoms with Gasteiger partial charge in [-0.1, -0.05) is 11.6 Å². The van der Waals surface area contributed by atoms with Crippen LogP contribution in [0.25, 0.3) is 0 Å². The summed E-state index contributed by atoms with van der Waals surface area (Å²) in [6, 6.07) is 5.31. The van der Waals surface area contributed by atoms with Gasteiger partial charge in [-0.15, -0.1) is 0 Å². The van der Waals surface area contributed by atoms with E-state index in [2.05, 4.69) is 5.32 Å². The number of hydrogen-bond acceptors (Lipinski definition) is 2. The van der Waals surface area contributed by atoms with Gasteiger partial charge in [0.25, 0.3) is 0 Å². The monoisotopic (exact) mass is 291 g/mol. The molecule has 0 heterocycles. The number of amides is 1. The number of halogens is 1. The zero-order valence-electron chi connectivity index (χ0n) is 11.4. The second-order valence-electron chi connectivity index (χ2n) is 6.35. The highest BCUT2D eigenvalue weighted by molar-refractivity contribution is 6.31. The standard InChI is InChI=1S/C16H18ClNO2/c1-20-12-5-4-10(17)7-11(12)18-16(19)15-13-8-2-3-9(6-8)14(13)15/h4-5,7-9,13-15H,2-3,6H2,1H3,(H,18,19)/t8-,9-,13+,14+/m0/s1. The molecule has 4 atom stereocenters. The zero-order valence-corrected chi connectivity index (χ0v) is 12.2. The lowest BCUT2D eigenvalue weighted by molar-refractivity contribution is -0.118. The summed E-state index contributed by atoms with van der Waals surface area (Å²) in [5, 5.41) is 3.62. The predicted molar refractivity (Wildman–Crippen MR) is 77.9 cm³/mol. The number of nitrogens with one attached hydrogen (secondary N) is 1. The van der Waals surface area contributed by atoms with Gasteiger partial charge in [-0.2, -0.15) is 0 Å². The maximum Gasteiger partial charge on any atom is 0.228 e. The minimum Gasteiger partial charge on any atom is -0.495 e. The predicted octanol–water partition coefficient (Wildman–Crippen LogP) is 3.58. The number of fused-ring (bicyclic) bond motifs is 5. The van der Waals surface area contributed by atoms with Gasteiger partial charge in [0.1, 0.15) is 5.75 Å². The average molecular weight is 292 g/mol. The van der Waals surface area contributed by atoms with Gasteiger partial charge in [0, 0.05) is 10.9 Å². The first-order valence-corrected chi connectivity index (χ1v) is 7.71. The van der Waals surface area contributed by atoms with Crippen molar-refractivity contribution < 1.29 is 9.53 Å². The van der Waals surface area contributed by atoms with Crippen molar-refractivity contribution in [2.24, 2.45) is 29.6 Å². The lowest BCUT2D eigenvalue weighted by Crippen LogP contribution is -2.19. The average Bonchev–Trinajstić information content (AvgIpc) is 2.88. The first kappa shape index (κ1) is 12.5. The van der Waals surface area contributed by atoms with Crippen molar-refractivity contribution in [1.29, 1.82) is 0 Å². The molecule has 3 aliphatic carbocycles. The van der Waals surface area contributed by atoms with Crippen molar-refractivity contribution in [3.63, 3.8) is 0 Å². The van der Waals surface area contributed by atoms with Crippen LogP contribution in [0.3, 0.4) is 0 Å². The molecule has 20 heavy (non-hydrogen) atoms. The molecule has 3 fully saturated rings. The zero-order chi connectivity index (χ0) is 13.9. The second kappa shape index (κ2) is 4.39. The quantitative estimate of drug-likeness (QED) is 0.924. The number of carbonyl (C=O) groups excluding carboxylic acids is 1. The van der Waals surface area contributed by atoms with Gasteiger partial charge in [0.15, 0.2) is 0 Å². The Bertz CT molecular complexity index is 558. The van der Waals surface area contributed by atoms with E-state index in [1.54, 1.807) is 25.3 Å². The number of rotatable bonds is 3. The molecular formula is C16H18ClNO2. The van der Waals surface area contributed by atoms with Gasteiger partial charge in [-0.05, 0) is 61.1 Å². The molecule has 0 aliphatic heterocycles. The molecule has 0 saturated heterocycles. The van der Waals surface area contributed by atoms with Crippen LogP contribution >= 0.6 is 11.6 Å². The first-order valence-electron chi connectivity index (χ1n) is 7.33. The Kier molecular flexibility index (Phi) is 2.75. The fraction of sp³-hybridized carbons (Fsp3) is 0.562. The summed E-state index contributed by atoms with van der Waals surface area (Å²) < 4.78 is 5.28. The van der Waals surface area contributed by atoms with Crippen LogP contribution < -0.4 is 10.1 Å². The number of anilines is 1. The maximum absolute atomic E-state index is 12.5. The highest BCUT2D eigenvalue weighted by Gasteiger charge is 2.67. The van der Waals surface area contributed by atoms with E-state index in [9.17, 15) is 4.79 Å². The Morgan fingerprint density at radius 2 is 2.00 bits per heavy atom. The third kappa shape index (κ3) is 1.76. The molecular weight excluding hydrogens is 274 g/mol. The Hall–Kier alpha value is -1.22. The summed E-state index contributed by atoms with van der Waals surface area (Å²) in [5.74, 6) is 3.96. The van der Waals surface area contributed by atoms with Crippen molar-refractivity contribution in [3.05, 3.63) is 23.2 Å². The molecule has 3 nitrogen and oxygen atoms in total. The largest absolute Gasteiger partial charge is 0.495 e. The Morgan fingerprint density at radius 3 is 2.65 bits per heavy atom. The molecule has 3 saturated carbocycles. The van der Waals surface area contributed by atoms with E-state index in [0.717, 1.165) is 11.8 Å². The van der Waals surface area contributed by atoms with Crippen LogP contribution in [-0.2, 0) is 4.79 Å². The summed E-state index contributed by atoms with van der Waals surface area (Å²) in [4.78, 5) is 12.5. The molecule has 4 rings (SSSR count). The molecule has 0 spiro atoms. The van der Waals surface area contributed by atoms with Gasteiger partial charge < -0.3 is 10.1 Å². The molecule has 0 radical (unpaired) electrons. The van der Waals surface area contributed by atoms with Crippen LogP contribution in [0, 0.1) is 29.6 Å². The molecule has 0 unspecified atom stereocenters. The molecule has 106 valence electrons. The lowest BCUT2D eigenvalue weighted by Gasteiger charge is -2.12. The van der Waals surface area contributed by atoms with E-state index in [-0.39, 0.29) is 11.8 Å². The van der Waals surface area contributed by atoms with Crippen LogP contribution in [0.1, 0.15) is 19.3 Å². The number of methoxy groups -OCH3 is 1. The van der Waals surface area contributed by atoms with Crippen LogP contribution in [0.5, 0.6) is 5.75 Å². The van der Waals surface area contributed by atoms with E-state index in [1.807, 2.05) is 0 Å². The van der Waals surface area contributed by atoms with E-state index >= 15 is 0 Å². The molecule has 2 bridgehead atoms. The summed E-state index contributed by atoms with van der Waals surface area (Å²) in [6.07, 6.45) is 4.02. The molecule has 1 aromatic carbocycles. The summed E-state index contributed by atoms with van der Waals surface area (Å²) in [6.45, 7) is 0. The van der Waals surface area contributed by atoms with Crippen LogP contribution in [-0.4, -0.2) is 13.0 Å². The third-order valence-electron chi connectivity index (χ3n) is 5.46. The summed E-state index contributed by atoms with van der Waals surface area (Å²) in [5.41, 5.74) is 0.683. The SMILES string of the molecule is COc1ccc(Cl)cc1NC(=O)C1[C@@H]2[C@H]3CC[C@@H](C3)[C@@H]12.